The molecule has 24 heavy (non-hydrogen) atoms. The summed E-state index contributed by atoms with van der Waals surface area (Å²) < 4.78 is 5.79. The summed E-state index contributed by atoms with van der Waals surface area (Å²) in [5.41, 5.74) is 1.04. The van der Waals surface area contributed by atoms with E-state index in [0.29, 0.717) is 19.6 Å². The number of amides is 2. The van der Waals surface area contributed by atoms with E-state index >= 15 is 0 Å². The molecule has 7 heteroatoms. The van der Waals surface area contributed by atoms with Crippen molar-refractivity contribution in [2.45, 2.75) is 39.0 Å². The molecule has 3 rings (SSSR count). The van der Waals surface area contributed by atoms with E-state index in [1.54, 1.807) is 0 Å². The van der Waals surface area contributed by atoms with Crippen LogP contribution in [0.4, 0.5) is 4.79 Å². The molecular weight excluding hydrogens is 324 g/mol. The van der Waals surface area contributed by atoms with Crippen molar-refractivity contribution in [2.75, 3.05) is 13.1 Å². The van der Waals surface area contributed by atoms with E-state index in [-0.39, 0.29) is 18.2 Å². The van der Waals surface area contributed by atoms with Crippen LogP contribution in [-0.4, -0.2) is 46.4 Å². The zero-order valence-electron chi connectivity index (χ0n) is 13.9. The van der Waals surface area contributed by atoms with Crippen molar-refractivity contribution in [1.82, 2.24) is 20.4 Å². The minimum atomic E-state index is -0.0694. The average molecular weight is 346 g/mol. The molecule has 1 aromatic heterocycles. The molecule has 0 aliphatic carbocycles. The molecule has 0 bridgehead atoms. The normalized spacial score (nSPS) is 20.8. The minimum absolute atomic E-state index is 0.0694. The topological polar surface area (TPSA) is 67.4 Å². The number of ether oxygens (including phenoxy) is 1. The molecule has 128 valence electrons. The van der Waals surface area contributed by atoms with Gasteiger partial charge < -0.3 is 15.0 Å². The summed E-state index contributed by atoms with van der Waals surface area (Å²) in [7, 11) is 0. The molecule has 2 aromatic rings. The lowest BCUT2D eigenvalue weighted by atomic mass is 10.2. The third-order valence-corrected chi connectivity index (χ3v) is 4.92. The van der Waals surface area contributed by atoms with Gasteiger partial charge in [-0.05, 0) is 13.3 Å². The highest BCUT2D eigenvalue weighted by atomic mass is 32.1. The standard InChI is InChI=1S/C17H22N4O2S/c1-3-14-11-21(10-12(2)23-14)17(22)18-9-15-19-20-16(24-15)13-7-5-4-6-8-13/h4-8,12,14H,3,9-11H2,1-2H3,(H,18,22)/t12-,14-/m0/s1. The highest BCUT2D eigenvalue weighted by Crippen LogP contribution is 2.23. The monoisotopic (exact) mass is 346 g/mol. The molecular formula is C17H22N4O2S. The van der Waals surface area contributed by atoms with Gasteiger partial charge in [0.15, 0.2) is 0 Å². The van der Waals surface area contributed by atoms with Crippen LogP contribution in [0.5, 0.6) is 0 Å². The number of nitrogens with zero attached hydrogens (tertiary/aromatic N) is 3. The third-order valence-electron chi connectivity index (χ3n) is 3.95. The first-order chi connectivity index (χ1) is 11.7. The Balaban J connectivity index is 1.56. The van der Waals surface area contributed by atoms with E-state index in [1.807, 2.05) is 42.2 Å². The van der Waals surface area contributed by atoms with E-state index in [1.165, 1.54) is 11.3 Å². The van der Waals surface area contributed by atoms with Crippen molar-refractivity contribution in [3.63, 3.8) is 0 Å². The summed E-state index contributed by atoms with van der Waals surface area (Å²) in [6, 6.07) is 9.86. The van der Waals surface area contributed by atoms with Crippen molar-refractivity contribution in [1.29, 1.82) is 0 Å². The Bertz CT molecular complexity index is 676. The van der Waals surface area contributed by atoms with Gasteiger partial charge in [-0.1, -0.05) is 48.6 Å². The van der Waals surface area contributed by atoms with Crippen LogP contribution in [-0.2, 0) is 11.3 Å². The molecule has 0 radical (unpaired) electrons. The molecule has 0 spiro atoms. The number of hydrogen-bond acceptors (Lipinski definition) is 5. The summed E-state index contributed by atoms with van der Waals surface area (Å²) >= 11 is 1.50. The fourth-order valence-corrected chi connectivity index (χ4v) is 3.51. The van der Waals surface area contributed by atoms with Gasteiger partial charge in [0.1, 0.15) is 10.0 Å². The van der Waals surface area contributed by atoms with Gasteiger partial charge in [0, 0.05) is 18.7 Å². The molecule has 0 saturated carbocycles. The molecule has 1 aliphatic heterocycles. The van der Waals surface area contributed by atoms with Crippen molar-refractivity contribution >= 4 is 17.4 Å². The molecule has 2 amide bonds. The number of urea groups is 1. The Morgan fingerprint density at radius 3 is 2.88 bits per heavy atom. The number of morpholine rings is 1. The van der Waals surface area contributed by atoms with E-state index in [2.05, 4.69) is 22.4 Å². The number of hydrogen-bond donors (Lipinski definition) is 1. The van der Waals surface area contributed by atoms with Gasteiger partial charge in [-0.15, -0.1) is 10.2 Å². The van der Waals surface area contributed by atoms with Crippen LogP contribution in [0.15, 0.2) is 30.3 Å². The van der Waals surface area contributed by atoms with E-state index < -0.39 is 0 Å². The van der Waals surface area contributed by atoms with Gasteiger partial charge in [0.05, 0.1) is 18.8 Å². The maximum atomic E-state index is 12.4. The molecule has 6 nitrogen and oxygen atoms in total. The van der Waals surface area contributed by atoms with Crippen LogP contribution < -0.4 is 5.32 Å². The largest absolute Gasteiger partial charge is 0.372 e. The summed E-state index contributed by atoms with van der Waals surface area (Å²) in [6.07, 6.45) is 1.09. The van der Waals surface area contributed by atoms with Gasteiger partial charge >= 0.3 is 6.03 Å². The smallest absolute Gasteiger partial charge is 0.317 e. The number of carbonyl (C=O) groups excluding carboxylic acids is 1. The fourth-order valence-electron chi connectivity index (χ4n) is 2.72. The summed E-state index contributed by atoms with van der Waals surface area (Å²) in [6.45, 7) is 5.72. The Morgan fingerprint density at radius 1 is 1.33 bits per heavy atom. The number of aromatic nitrogens is 2. The van der Waals surface area contributed by atoms with Crippen molar-refractivity contribution in [3.05, 3.63) is 35.3 Å². The molecule has 2 heterocycles. The van der Waals surface area contributed by atoms with E-state index in [4.69, 9.17) is 4.74 Å². The molecule has 1 fully saturated rings. The highest BCUT2D eigenvalue weighted by molar-refractivity contribution is 7.14. The van der Waals surface area contributed by atoms with E-state index in [9.17, 15) is 4.79 Å². The van der Waals surface area contributed by atoms with Gasteiger partial charge in [-0.3, -0.25) is 0 Å². The van der Waals surface area contributed by atoms with Crippen molar-refractivity contribution in [3.8, 4) is 10.6 Å². The Labute approximate surface area is 145 Å². The third kappa shape index (κ3) is 4.10. The summed E-state index contributed by atoms with van der Waals surface area (Å²) in [5.74, 6) is 0. The van der Waals surface area contributed by atoms with Gasteiger partial charge in [-0.2, -0.15) is 0 Å². The van der Waals surface area contributed by atoms with Crippen LogP contribution in [0.25, 0.3) is 10.6 Å². The summed E-state index contributed by atoms with van der Waals surface area (Å²) in [4.78, 5) is 14.2. The second-order valence-corrected chi connectivity index (χ2v) is 6.97. The second kappa shape index (κ2) is 7.72. The Kier molecular flexibility index (Phi) is 5.42. The van der Waals surface area contributed by atoms with Crippen molar-refractivity contribution < 1.29 is 9.53 Å². The number of rotatable bonds is 4. The number of nitrogens with one attached hydrogen (secondary N) is 1. The zero-order valence-corrected chi connectivity index (χ0v) is 14.8. The maximum absolute atomic E-state index is 12.4. The molecule has 1 N–H and O–H groups in total. The average Bonchev–Trinajstić information content (AvgIpc) is 3.09. The van der Waals surface area contributed by atoms with Crippen LogP contribution in [0.1, 0.15) is 25.3 Å². The minimum Gasteiger partial charge on any atom is -0.372 e. The van der Waals surface area contributed by atoms with Crippen molar-refractivity contribution in [2.24, 2.45) is 0 Å². The second-order valence-electron chi connectivity index (χ2n) is 5.91. The first kappa shape index (κ1) is 16.9. The molecule has 1 aromatic carbocycles. The maximum Gasteiger partial charge on any atom is 0.317 e. The molecule has 1 aliphatic rings. The number of carbonyl (C=O) groups is 1. The fraction of sp³-hybridized carbons (Fsp3) is 0.471. The predicted molar refractivity (Wildman–Crippen MR) is 93.8 cm³/mol. The molecule has 1 saturated heterocycles. The van der Waals surface area contributed by atoms with Gasteiger partial charge in [0.2, 0.25) is 0 Å². The lowest BCUT2D eigenvalue weighted by Crippen LogP contribution is -2.52. The van der Waals surface area contributed by atoms with Crippen LogP contribution >= 0.6 is 11.3 Å². The first-order valence-electron chi connectivity index (χ1n) is 8.21. The van der Waals surface area contributed by atoms with Crippen LogP contribution in [0.3, 0.4) is 0 Å². The highest BCUT2D eigenvalue weighted by Gasteiger charge is 2.27. The molecule has 2 atom stereocenters. The quantitative estimate of drug-likeness (QED) is 0.924. The molecule has 0 unspecified atom stereocenters. The first-order valence-corrected chi connectivity index (χ1v) is 9.03. The Hall–Kier alpha value is -1.99. The lowest BCUT2D eigenvalue weighted by molar-refractivity contribution is -0.0646. The van der Waals surface area contributed by atoms with Crippen LogP contribution in [0.2, 0.25) is 0 Å². The van der Waals surface area contributed by atoms with Gasteiger partial charge in [0.25, 0.3) is 0 Å². The van der Waals surface area contributed by atoms with E-state index in [0.717, 1.165) is 22.0 Å². The van der Waals surface area contributed by atoms with Crippen LogP contribution in [0, 0.1) is 0 Å². The predicted octanol–water partition coefficient (Wildman–Crippen LogP) is 2.91. The van der Waals surface area contributed by atoms with Gasteiger partial charge in [-0.25, -0.2) is 4.79 Å². The summed E-state index contributed by atoms with van der Waals surface area (Å²) in [5, 5.41) is 13.0. The lowest BCUT2D eigenvalue weighted by Gasteiger charge is -2.36. The Morgan fingerprint density at radius 2 is 2.12 bits per heavy atom. The SMILES string of the molecule is CC[C@H]1CN(C(=O)NCc2nnc(-c3ccccc3)s2)C[C@H](C)O1. The zero-order chi connectivity index (χ0) is 16.9. The number of benzene rings is 1.